The molecule has 0 saturated carbocycles. The van der Waals surface area contributed by atoms with Crippen LogP contribution in [-0.2, 0) is 0 Å². The Kier molecular flexibility index (Phi) is 6.51. The molecule has 2 rings (SSSR count). The molecule has 2 aromatic rings. The molecule has 2 aromatic carbocycles. The predicted octanol–water partition coefficient (Wildman–Crippen LogP) is 4.23. The van der Waals surface area contributed by atoms with Crippen LogP contribution in [0.1, 0.15) is 29.8 Å². The lowest BCUT2D eigenvalue weighted by molar-refractivity contribution is 0.0977. The molecule has 0 aromatic heterocycles. The van der Waals surface area contributed by atoms with Crippen molar-refractivity contribution in [2.24, 2.45) is 0 Å². The number of carbonyl (C=O) groups excluding carboxylic acids is 1. The molecule has 0 aliphatic rings. The molecule has 0 bridgehead atoms. The minimum Gasteiger partial charge on any atom is -0.490 e. The molecule has 128 valence electrons. The quantitative estimate of drug-likeness (QED) is 0.727. The van der Waals surface area contributed by atoms with Crippen molar-refractivity contribution in [3.63, 3.8) is 0 Å². The summed E-state index contributed by atoms with van der Waals surface area (Å²) in [5, 5.41) is 14.6. The Morgan fingerprint density at radius 1 is 1.28 bits per heavy atom. The van der Waals surface area contributed by atoms with Gasteiger partial charge < -0.3 is 10.1 Å². The Labute approximate surface area is 160 Å². The summed E-state index contributed by atoms with van der Waals surface area (Å²) < 4.78 is 6.30. The highest BCUT2D eigenvalue weighted by atomic mass is 79.9. The van der Waals surface area contributed by atoms with Gasteiger partial charge in [0.2, 0.25) is 0 Å². The number of halogens is 1. The molecule has 0 radical (unpaired) electrons. The third-order valence-corrected chi connectivity index (χ3v) is 3.90. The van der Waals surface area contributed by atoms with Gasteiger partial charge in [-0.3, -0.25) is 10.1 Å². The molecule has 0 aliphatic heterocycles. The summed E-state index contributed by atoms with van der Waals surface area (Å²) in [6.45, 7) is 3.85. The third kappa shape index (κ3) is 5.28. The predicted molar refractivity (Wildman–Crippen MR) is 105 cm³/mol. The molecular weight excluding hydrogens is 402 g/mol. The van der Waals surface area contributed by atoms with Crippen LogP contribution in [0.3, 0.4) is 0 Å². The lowest BCUT2D eigenvalue weighted by Gasteiger charge is -2.13. The van der Waals surface area contributed by atoms with Gasteiger partial charge in [-0.05, 0) is 72.3 Å². The second kappa shape index (κ2) is 8.60. The van der Waals surface area contributed by atoms with Crippen LogP contribution in [0.4, 0.5) is 5.69 Å². The van der Waals surface area contributed by atoms with E-state index >= 15 is 0 Å². The summed E-state index contributed by atoms with van der Waals surface area (Å²) in [6.07, 6.45) is 0.0351. The van der Waals surface area contributed by atoms with E-state index in [0.717, 1.165) is 0 Å². The van der Waals surface area contributed by atoms with Crippen molar-refractivity contribution in [1.29, 1.82) is 5.26 Å². The van der Waals surface area contributed by atoms with E-state index in [1.54, 1.807) is 42.5 Å². The molecule has 25 heavy (non-hydrogen) atoms. The molecule has 0 unspecified atom stereocenters. The number of anilines is 1. The molecule has 0 saturated heterocycles. The van der Waals surface area contributed by atoms with E-state index in [2.05, 4.69) is 32.6 Å². The maximum Gasteiger partial charge on any atom is 0.257 e. The maximum atomic E-state index is 12.3. The summed E-state index contributed by atoms with van der Waals surface area (Å²) >= 11 is 8.54. The molecule has 0 heterocycles. The monoisotopic (exact) mass is 417 g/mol. The molecule has 1 amide bonds. The second-order valence-electron chi connectivity index (χ2n) is 5.38. The minimum absolute atomic E-state index is 0.0351. The third-order valence-electron chi connectivity index (χ3n) is 3.08. The van der Waals surface area contributed by atoms with Crippen LogP contribution in [0.15, 0.2) is 46.9 Å². The molecule has 0 atom stereocenters. The molecule has 0 aliphatic carbocycles. The first kappa shape index (κ1) is 18.9. The van der Waals surface area contributed by atoms with E-state index in [9.17, 15) is 4.79 Å². The number of hydrogen-bond acceptors (Lipinski definition) is 4. The minimum atomic E-state index is -0.358. The number of benzene rings is 2. The van der Waals surface area contributed by atoms with E-state index in [0.29, 0.717) is 27.0 Å². The molecule has 7 heteroatoms. The van der Waals surface area contributed by atoms with E-state index in [1.807, 2.05) is 13.8 Å². The normalized spacial score (nSPS) is 10.0. The number of thiocarbonyl (C=S) groups is 1. The fourth-order valence-corrected chi connectivity index (χ4v) is 2.68. The zero-order valence-electron chi connectivity index (χ0n) is 13.7. The number of rotatable bonds is 4. The van der Waals surface area contributed by atoms with Gasteiger partial charge in [0.1, 0.15) is 11.8 Å². The van der Waals surface area contributed by atoms with E-state index < -0.39 is 0 Å². The van der Waals surface area contributed by atoms with Gasteiger partial charge in [-0.2, -0.15) is 5.26 Å². The average Bonchev–Trinajstić information content (AvgIpc) is 2.56. The maximum absolute atomic E-state index is 12.3. The number of hydrogen-bond donors (Lipinski definition) is 2. The molecule has 2 N–H and O–H groups in total. The van der Waals surface area contributed by atoms with Crippen molar-refractivity contribution in [2.75, 3.05) is 5.32 Å². The van der Waals surface area contributed by atoms with Gasteiger partial charge in [-0.25, -0.2) is 0 Å². The number of ether oxygens (including phenoxy) is 1. The van der Waals surface area contributed by atoms with Crippen LogP contribution in [0, 0.1) is 11.3 Å². The van der Waals surface area contributed by atoms with Crippen molar-refractivity contribution in [3.05, 3.63) is 58.1 Å². The van der Waals surface area contributed by atoms with Gasteiger partial charge >= 0.3 is 0 Å². The highest BCUT2D eigenvalue weighted by molar-refractivity contribution is 9.10. The second-order valence-corrected chi connectivity index (χ2v) is 6.64. The Morgan fingerprint density at radius 3 is 2.64 bits per heavy atom. The number of amides is 1. The number of nitrogens with one attached hydrogen (secondary N) is 2. The Balaban J connectivity index is 2.05. The number of nitriles is 1. The van der Waals surface area contributed by atoms with E-state index in [4.69, 9.17) is 22.2 Å². The van der Waals surface area contributed by atoms with Crippen molar-refractivity contribution >= 4 is 44.9 Å². The summed E-state index contributed by atoms with van der Waals surface area (Å²) in [7, 11) is 0. The van der Waals surface area contributed by atoms with Crippen LogP contribution in [0.25, 0.3) is 0 Å². The molecule has 5 nitrogen and oxygen atoms in total. The summed E-state index contributed by atoms with van der Waals surface area (Å²) in [4.78, 5) is 12.3. The van der Waals surface area contributed by atoms with Gasteiger partial charge in [0.05, 0.1) is 21.8 Å². The van der Waals surface area contributed by atoms with Crippen LogP contribution in [0.5, 0.6) is 5.75 Å². The largest absolute Gasteiger partial charge is 0.490 e. The molecule has 0 fully saturated rings. The van der Waals surface area contributed by atoms with E-state index in [1.165, 1.54) is 0 Å². The average molecular weight is 418 g/mol. The zero-order valence-corrected chi connectivity index (χ0v) is 16.1. The standard InChI is InChI=1S/C18H16BrN3O2S/c1-11(2)24-16-8-7-12(9-14(16)19)17(23)22-18(25)21-15-6-4-3-5-13(15)10-20/h3-9,11H,1-2H3,(H2,21,22,23,25). The van der Waals surface area contributed by atoms with Crippen molar-refractivity contribution in [3.8, 4) is 11.8 Å². The number of nitrogens with zero attached hydrogens (tertiary/aromatic N) is 1. The first-order valence-electron chi connectivity index (χ1n) is 7.48. The van der Waals surface area contributed by atoms with Crippen LogP contribution in [0.2, 0.25) is 0 Å². The van der Waals surface area contributed by atoms with E-state index in [-0.39, 0.29) is 17.1 Å². The van der Waals surface area contributed by atoms with Gasteiger partial charge in [0.25, 0.3) is 5.91 Å². The highest BCUT2D eigenvalue weighted by Gasteiger charge is 2.12. The topological polar surface area (TPSA) is 74.2 Å². The first-order valence-corrected chi connectivity index (χ1v) is 8.68. The van der Waals surface area contributed by atoms with Gasteiger partial charge in [-0.15, -0.1) is 0 Å². The van der Waals surface area contributed by atoms with Crippen molar-refractivity contribution in [1.82, 2.24) is 5.32 Å². The van der Waals surface area contributed by atoms with Crippen molar-refractivity contribution < 1.29 is 9.53 Å². The summed E-state index contributed by atoms with van der Waals surface area (Å²) in [5.74, 6) is 0.305. The molecule has 0 spiro atoms. The lowest BCUT2D eigenvalue weighted by atomic mass is 10.2. The first-order chi connectivity index (χ1) is 11.9. The Morgan fingerprint density at radius 2 is 2.00 bits per heavy atom. The Bertz CT molecular complexity index is 846. The number of para-hydroxylation sites is 1. The van der Waals surface area contributed by atoms with Crippen LogP contribution in [-0.4, -0.2) is 17.1 Å². The summed E-state index contributed by atoms with van der Waals surface area (Å²) in [5.41, 5.74) is 1.41. The Hall–Kier alpha value is -2.43. The smallest absolute Gasteiger partial charge is 0.257 e. The summed E-state index contributed by atoms with van der Waals surface area (Å²) in [6, 6.07) is 14.0. The fourth-order valence-electron chi connectivity index (χ4n) is 2.01. The van der Waals surface area contributed by atoms with Crippen molar-refractivity contribution in [2.45, 2.75) is 20.0 Å². The van der Waals surface area contributed by atoms with Crippen LogP contribution >= 0.6 is 28.1 Å². The highest BCUT2D eigenvalue weighted by Crippen LogP contribution is 2.27. The number of carbonyl (C=O) groups is 1. The lowest BCUT2D eigenvalue weighted by Crippen LogP contribution is -2.34. The van der Waals surface area contributed by atoms with Gasteiger partial charge in [0, 0.05) is 5.56 Å². The fraction of sp³-hybridized carbons (Fsp3) is 0.167. The molecular formula is C18H16BrN3O2S. The van der Waals surface area contributed by atoms with Crippen LogP contribution < -0.4 is 15.4 Å². The van der Waals surface area contributed by atoms with Gasteiger partial charge in [0.15, 0.2) is 5.11 Å². The zero-order chi connectivity index (χ0) is 18.4. The SMILES string of the molecule is CC(C)Oc1ccc(C(=O)NC(=S)Nc2ccccc2C#N)cc1Br. The van der Waals surface area contributed by atoms with Gasteiger partial charge in [-0.1, -0.05) is 12.1 Å².